The summed E-state index contributed by atoms with van der Waals surface area (Å²) in [7, 11) is 0. The van der Waals surface area contributed by atoms with Crippen molar-refractivity contribution in [2.24, 2.45) is 0 Å². The summed E-state index contributed by atoms with van der Waals surface area (Å²) >= 11 is 0. The largest absolute Gasteiger partial charge is 0.417 e. The summed E-state index contributed by atoms with van der Waals surface area (Å²) < 4.78 is 440. The zero-order valence-corrected chi connectivity index (χ0v) is 53.7. The van der Waals surface area contributed by atoms with Gasteiger partial charge in [-0.25, -0.2) is 0 Å². The van der Waals surface area contributed by atoms with E-state index in [0.717, 1.165) is 118 Å². The van der Waals surface area contributed by atoms with E-state index in [4.69, 9.17) is 0 Å². The lowest BCUT2D eigenvalue weighted by molar-refractivity contribution is -0.144. The van der Waals surface area contributed by atoms with Gasteiger partial charge in [-0.05, 0) is 195 Å². The topological polar surface area (TPSA) is 33.6 Å². The van der Waals surface area contributed by atoms with Crippen LogP contribution in [0.3, 0.4) is 0 Å². The van der Waals surface area contributed by atoms with Crippen molar-refractivity contribution in [2.75, 3.05) is 0 Å². The second kappa shape index (κ2) is 25.8. The lowest BCUT2D eigenvalue weighted by Crippen LogP contribution is -2.12. The minimum absolute atomic E-state index is 0.236. The smallest absolute Gasteiger partial charge is 0.309 e. The fraction of sp³-hybridized carbons (Fsp3) is 0.130. The first kappa shape index (κ1) is 76.6. The molecule has 0 bridgehead atoms. The average molecular weight is 1570 g/mol. The number of halogens is 30. The fourth-order valence-corrected chi connectivity index (χ4v) is 13.4. The third-order valence-corrected chi connectivity index (χ3v) is 18.2. The van der Waals surface area contributed by atoms with E-state index in [1.54, 1.807) is 0 Å². The van der Waals surface area contributed by atoms with Gasteiger partial charge >= 0.3 is 61.8 Å². The number of rotatable bonds is 8. The molecule has 0 spiro atoms. The van der Waals surface area contributed by atoms with E-state index in [9.17, 15) is 84.3 Å². The number of aromatic nitrogens is 2. The number of fused-ring (bicyclic) bond motifs is 6. The number of nitrogens with zero attached hydrogens (tertiary/aromatic N) is 3. The number of benzene rings is 11. The van der Waals surface area contributed by atoms with E-state index < -0.39 is 201 Å². The molecule has 0 atom stereocenters. The SMILES string of the molecule is N#Cc1cccc(-n2c3ccc(-c4ccc(C(F)(F)F)cc4C(F)(F)F)cc3c3cc(-c4ccc(C(F)(F)F)cc4C(F)(F)F)ccc32)c1-c1cc(-c2cc(C(F)(F)F)cc(C(F)(F)F)c2)ccc1-n1c2ccc(-c3ccc(C(F)(F)F)cc3C(F)(F)F)cc2c2cc(-c3ccc(C(F)(F)F)cc3C(F)(F)F)ccc21. The third kappa shape index (κ3) is 14.1. The van der Waals surface area contributed by atoms with Gasteiger partial charge in [0.05, 0.1) is 101 Å². The number of hydrogen-bond donors (Lipinski definition) is 0. The van der Waals surface area contributed by atoms with Crippen molar-refractivity contribution >= 4 is 43.6 Å². The van der Waals surface area contributed by atoms with Crippen molar-refractivity contribution in [2.45, 2.75) is 61.8 Å². The van der Waals surface area contributed by atoms with E-state index in [-0.39, 0.29) is 110 Å². The van der Waals surface area contributed by atoms with Crippen LogP contribution in [0.25, 0.3) is 122 Å². The van der Waals surface area contributed by atoms with Crippen LogP contribution in [0.15, 0.2) is 200 Å². The lowest BCUT2D eigenvalue weighted by atomic mass is 9.91. The Hall–Kier alpha value is -11.6. The van der Waals surface area contributed by atoms with Crippen LogP contribution < -0.4 is 0 Å². The van der Waals surface area contributed by atoms with Crippen molar-refractivity contribution in [3.63, 3.8) is 0 Å². The van der Waals surface area contributed by atoms with Crippen LogP contribution in [0.2, 0.25) is 0 Å². The first-order valence-corrected chi connectivity index (χ1v) is 31.1. The van der Waals surface area contributed by atoms with E-state index >= 15 is 52.7 Å². The van der Waals surface area contributed by atoms with Crippen molar-refractivity contribution in [1.82, 2.24) is 9.13 Å². The quantitative estimate of drug-likeness (QED) is 0.140. The van der Waals surface area contributed by atoms with Gasteiger partial charge in [-0.3, -0.25) is 0 Å². The first-order chi connectivity index (χ1) is 50.8. The molecule has 0 N–H and O–H groups in total. The molecule has 0 unspecified atom stereocenters. The summed E-state index contributed by atoms with van der Waals surface area (Å²) in [6.45, 7) is 0. The summed E-state index contributed by atoms with van der Waals surface area (Å²) in [5, 5.41) is 9.81. The maximum atomic E-state index is 15.0. The molecule has 0 aliphatic carbocycles. The second-order valence-corrected chi connectivity index (χ2v) is 25.0. The van der Waals surface area contributed by atoms with Gasteiger partial charge in [-0.1, -0.05) is 60.7 Å². The van der Waals surface area contributed by atoms with Crippen LogP contribution in [0.1, 0.15) is 61.2 Å². The summed E-state index contributed by atoms with van der Waals surface area (Å²) in [5.41, 5.74) is -30.1. The monoisotopic (exact) mass is 1570 g/mol. The summed E-state index contributed by atoms with van der Waals surface area (Å²) in [6.07, 6.45) is -55.0. The van der Waals surface area contributed by atoms with Gasteiger partial charge in [0.2, 0.25) is 0 Å². The third-order valence-electron chi connectivity index (χ3n) is 18.2. The van der Waals surface area contributed by atoms with Crippen LogP contribution in [0.5, 0.6) is 0 Å². The highest BCUT2D eigenvalue weighted by Gasteiger charge is 2.45. The first-order valence-electron chi connectivity index (χ1n) is 31.1. The zero-order chi connectivity index (χ0) is 80.2. The lowest BCUT2D eigenvalue weighted by Gasteiger charge is -2.21. The summed E-state index contributed by atoms with van der Waals surface area (Å²) in [5.74, 6) is 0. The molecule has 13 rings (SSSR count). The molecule has 33 heteroatoms. The van der Waals surface area contributed by atoms with Gasteiger partial charge in [0.1, 0.15) is 0 Å². The van der Waals surface area contributed by atoms with Crippen molar-refractivity contribution < 1.29 is 132 Å². The molecule has 0 aliphatic heterocycles. The molecule has 566 valence electrons. The van der Waals surface area contributed by atoms with Gasteiger partial charge in [0.25, 0.3) is 0 Å². The Bertz CT molecular complexity index is 5650. The highest BCUT2D eigenvalue weighted by atomic mass is 19.4. The molecule has 0 amide bonds. The van der Waals surface area contributed by atoms with E-state index in [2.05, 4.69) is 0 Å². The van der Waals surface area contributed by atoms with Crippen molar-refractivity contribution in [3.8, 4) is 84.2 Å². The molecule has 0 radical (unpaired) electrons. The molecule has 2 heterocycles. The molecular formula is C77H33F30N3. The Labute approximate surface area is 595 Å². The minimum Gasteiger partial charge on any atom is -0.309 e. The highest BCUT2D eigenvalue weighted by Crippen LogP contribution is 2.52. The van der Waals surface area contributed by atoms with Gasteiger partial charge in [0, 0.05) is 32.7 Å². The average Bonchev–Trinajstić information content (AvgIpc) is 1.57. The Morgan fingerprint density at radius 2 is 0.500 bits per heavy atom. The zero-order valence-electron chi connectivity index (χ0n) is 53.7. The van der Waals surface area contributed by atoms with Crippen LogP contribution in [-0.2, 0) is 61.8 Å². The Morgan fingerprint density at radius 1 is 0.218 bits per heavy atom. The molecule has 0 saturated carbocycles. The standard InChI is InChI=1S/C77H33F30N3/c78-68(79,80)42-9-13-48(57(30-42)74(96,97)98)36-5-18-61-52(25-36)53-26-37(49-14-10-43(69(81,82)83)31-58(49)75(99,100)101)6-19-62(53)109(61)65-17-4-35(41-22-46(72(90,91)92)29-47(23-41)73(93,94)95)24-56(65)67-40(34-108)2-1-3-66(67)110-63-20-7-38(50-15-11-44(70(84,85)86)32-59(50)76(102,103)104)27-54(63)55-28-39(8-21-64(55)110)51-16-12-45(71(87,88)89)33-60(51)77(105,106)107/h1-33H. The summed E-state index contributed by atoms with van der Waals surface area (Å²) in [4.78, 5) is 0. The molecule has 110 heavy (non-hydrogen) atoms. The van der Waals surface area contributed by atoms with Crippen LogP contribution >= 0.6 is 0 Å². The molecule has 2 aromatic heterocycles. The fourth-order valence-electron chi connectivity index (χ4n) is 13.4. The number of alkyl halides is 30. The highest BCUT2D eigenvalue weighted by molar-refractivity contribution is 6.14. The second-order valence-electron chi connectivity index (χ2n) is 25.0. The molecule has 11 aromatic carbocycles. The minimum atomic E-state index is -5.60. The maximum Gasteiger partial charge on any atom is 0.417 e. The molecular weight excluding hydrogens is 1540 g/mol. The van der Waals surface area contributed by atoms with Crippen LogP contribution in [0, 0.1) is 11.3 Å². The predicted molar refractivity (Wildman–Crippen MR) is 342 cm³/mol. The Morgan fingerprint density at radius 3 is 0.773 bits per heavy atom. The van der Waals surface area contributed by atoms with Gasteiger partial charge in [0.15, 0.2) is 0 Å². The molecule has 0 fully saturated rings. The number of hydrogen-bond acceptors (Lipinski definition) is 1. The number of nitriles is 1. The molecule has 13 aromatic rings. The van der Waals surface area contributed by atoms with Gasteiger partial charge in [-0.15, -0.1) is 0 Å². The molecule has 3 nitrogen and oxygen atoms in total. The maximum absolute atomic E-state index is 15.0. The molecule has 0 aliphatic rings. The van der Waals surface area contributed by atoms with Crippen LogP contribution in [0.4, 0.5) is 132 Å². The van der Waals surface area contributed by atoms with E-state index in [0.29, 0.717) is 24.3 Å². The van der Waals surface area contributed by atoms with Crippen molar-refractivity contribution in [3.05, 3.63) is 261 Å². The molecule has 0 saturated heterocycles. The van der Waals surface area contributed by atoms with Crippen LogP contribution in [-0.4, -0.2) is 9.13 Å². The van der Waals surface area contributed by atoms with E-state index in [1.807, 2.05) is 6.07 Å². The Balaban J connectivity index is 1.17. The van der Waals surface area contributed by atoms with E-state index in [1.165, 1.54) is 0 Å². The predicted octanol–water partition coefficient (Wildman–Crippen LogP) is 27.9. The van der Waals surface area contributed by atoms with Gasteiger partial charge in [-0.2, -0.15) is 137 Å². The Kier molecular flexibility index (Phi) is 18.0. The normalized spacial score (nSPS) is 13.4. The van der Waals surface area contributed by atoms with Gasteiger partial charge < -0.3 is 9.13 Å². The summed E-state index contributed by atoms with van der Waals surface area (Å²) in [6, 6.07) is 21.2. The van der Waals surface area contributed by atoms with Crippen molar-refractivity contribution in [1.29, 1.82) is 5.26 Å².